The van der Waals surface area contributed by atoms with E-state index in [-0.39, 0.29) is 18.4 Å². The number of carbonyl (C=O) groups is 2. The quantitative estimate of drug-likeness (QED) is 0.902. The van der Waals surface area contributed by atoms with Crippen LogP contribution >= 0.6 is 11.3 Å². The van der Waals surface area contributed by atoms with Crippen LogP contribution in [0.5, 0.6) is 0 Å². The molecule has 0 saturated carbocycles. The lowest BCUT2D eigenvalue weighted by Gasteiger charge is -2.35. The van der Waals surface area contributed by atoms with E-state index >= 15 is 0 Å². The van der Waals surface area contributed by atoms with Gasteiger partial charge in [0.05, 0.1) is 6.42 Å². The Balaban J connectivity index is 1.94. The largest absolute Gasteiger partial charge is 0.481 e. The van der Waals surface area contributed by atoms with E-state index < -0.39 is 5.97 Å². The third-order valence-corrected chi connectivity index (χ3v) is 4.31. The lowest BCUT2D eigenvalue weighted by Crippen LogP contribution is -2.44. The SMILES string of the molecule is O=C(O)CCC1CCCCN1C(=O)Cc1ccsc1. The van der Waals surface area contributed by atoms with Crippen LogP contribution < -0.4 is 0 Å². The fraction of sp³-hybridized carbons (Fsp3) is 0.571. The Bertz CT molecular complexity index is 430. The molecule has 1 aromatic rings. The van der Waals surface area contributed by atoms with Crippen LogP contribution in [0.1, 0.15) is 37.7 Å². The summed E-state index contributed by atoms with van der Waals surface area (Å²) in [5, 5.41) is 12.7. The monoisotopic (exact) mass is 281 g/mol. The van der Waals surface area contributed by atoms with E-state index in [2.05, 4.69) is 0 Å². The molecule has 1 aliphatic rings. The molecule has 1 fully saturated rings. The molecule has 1 unspecified atom stereocenters. The lowest BCUT2D eigenvalue weighted by molar-refractivity contribution is -0.139. The van der Waals surface area contributed by atoms with Crippen LogP contribution in [0.4, 0.5) is 0 Å². The number of carbonyl (C=O) groups excluding carboxylic acids is 1. The number of amides is 1. The summed E-state index contributed by atoms with van der Waals surface area (Å²) in [6, 6.07) is 2.08. The molecule has 19 heavy (non-hydrogen) atoms. The number of piperidine rings is 1. The molecule has 1 saturated heterocycles. The van der Waals surface area contributed by atoms with Gasteiger partial charge in [0.15, 0.2) is 0 Å². The number of aliphatic carboxylic acids is 1. The first-order chi connectivity index (χ1) is 9.16. The highest BCUT2D eigenvalue weighted by molar-refractivity contribution is 7.07. The number of nitrogens with zero attached hydrogens (tertiary/aromatic N) is 1. The van der Waals surface area contributed by atoms with Crippen LogP contribution in [0.25, 0.3) is 0 Å². The summed E-state index contributed by atoms with van der Waals surface area (Å²) in [7, 11) is 0. The second kappa shape index (κ2) is 6.70. The van der Waals surface area contributed by atoms with Crippen molar-refractivity contribution in [2.75, 3.05) is 6.54 Å². The van der Waals surface area contributed by atoms with Crippen molar-refractivity contribution >= 4 is 23.2 Å². The van der Waals surface area contributed by atoms with E-state index in [9.17, 15) is 9.59 Å². The topological polar surface area (TPSA) is 57.6 Å². The Morgan fingerprint density at radius 2 is 2.26 bits per heavy atom. The van der Waals surface area contributed by atoms with Crippen molar-refractivity contribution in [3.05, 3.63) is 22.4 Å². The molecule has 1 amide bonds. The summed E-state index contributed by atoms with van der Waals surface area (Å²) in [4.78, 5) is 24.9. The highest BCUT2D eigenvalue weighted by Crippen LogP contribution is 2.22. The molecular weight excluding hydrogens is 262 g/mol. The predicted molar refractivity (Wildman–Crippen MR) is 74.2 cm³/mol. The van der Waals surface area contributed by atoms with Gasteiger partial charge in [-0.1, -0.05) is 0 Å². The number of likely N-dealkylation sites (tertiary alicyclic amines) is 1. The van der Waals surface area contributed by atoms with Crippen LogP contribution in [0.2, 0.25) is 0 Å². The summed E-state index contributed by atoms with van der Waals surface area (Å²) in [6.07, 6.45) is 4.21. The van der Waals surface area contributed by atoms with Crippen LogP contribution in [0.3, 0.4) is 0 Å². The summed E-state index contributed by atoms with van der Waals surface area (Å²) in [5.41, 5.74) is 1.05. The number of hydrogen-bond acceptors (Lipinski definition) is 3. The maximum absolute atomic E-state index is 12.3. The molecule has 5 heteroatoms. The van der Waals surface area contributed by atoms with Gasteiger partial charge in [-0.2, -0.15) is 11.3 Å². The van der Waals surface area contributed by atoms with Gasteiger partial charge in [0.2, 0.25) is 5.91 Å². The third kappa shape index (κ3) is 4.06. The first-order valence-corrected chi connectivity index (χ1v) is 7.63. The van der Waals surface area contributed by atoms with E-state index in [0.717, 1.165) is 31.4 Å². The minimum Gasteiger partial charge on any atom is -0.481 e. The Morgan fingerprint density at radius 1 is 1.42 bits per heavy atom. The number of carboxylic acid groups (broad SMARTS) is 1. The highest BCUT2D eigenvalue weighted by atomic mass is 32.1. The van der Waals surface area contributed by atoms with E-state index in [4.69, 9.17) is 5.11 Å². The fourth-order valence-corrected chi connectivity index (χ4v) is 3.26. The van der Waals surface area contributed by atoms with Crippen LogP contribution in [-0.4, -0.2) is 34.5 Å². The van der Waals surface area contributed by atoms with Gasteiger partial charge in [0.25, 0.3) is 0 Å². The average molecular weight is 281 g/mol. The zero-order valence-electron chi connectivity index (χ0n) is 10.9. The maximum Gasteiger partial charge on any atom is 0.303 e. The molecule has 0 spiro atoms. The molecule has 1 N–H and O–H groups in total. The number of thiophene rings is 1. The van der Waals surface area contributed by atoms with Gasteiger partial charge in [-0.05, 0) is 48.1 Å². The van der Waals surface area contributed by atoms with Crippen molar-refractivity contribution in [2.24, 2.45) is 0 Å². The summed E-state index contributed by atoms with van der Waals surface area (Å²) in [6.45, 7) is 0.771. The van der Waals surface area contributed by atoms with E-state index in [0.29, 0.717) is 12.8 Å². The zero-order chi connectivity index (χ0) is 13.7. The summed E-state index contributed by atoms with van der Waals surface area (Å²) in [5.74, 6) is -0.649. The van der Waals surface area contributed by atoms with Gasteiger partial charge < -0.3 is 10.0 Å². The number of carboxylic acids is 1. The summed E-state index contributed by atoms with van der Waals surface area (Å²) < 4.78 is 0. The van der Waals surface area contributed by atoms with Gasteiger partial charge in [0, 0.05) is 19.0 Å². The van der Waals surface area contributed by atoms with Crippen LogP contribution in [-0.2, 0) is 16.0 Å². The Hall–Kier alpha value is -1.36. The molecule has 0 aromatic carbocycles. The molecule has 1 aromatic heterocycles. The van der Waals surface area contributed by atoms with Crippen molar-refractivity contribution in [1.29, 1.82) is 0 Å². The molecule has 2 rings (SSSR count). The maximum atomic E-state index is 12.3. The zero-order valence-corrected chi connectivity index (χ0v) is 11.7. The van der Waals surface area contributed by atoms with Crippen molar-refractivity contribution in [1.82, 2.24) is 4.90 Å². The first-order valence-electron chi connectivity index (χ1n) is 6.69. The average Bonchev–Trinajstić information content (AvgIpc) is 2.89. The van der Waals surface area contributed by atoms with Crippen molar-refractivity contribution < 1.29 is 14.7 Å². The normalized spacial score (nSPS) is 19.4. The molecular formula is C14H19NO3S. The number of rotatable bonds is 5. The molecule has 2 heterocycles. The van der Waals surface area contributed by atoms with Gasteiger partial charge >= 0.3 is 5.97 Å². The predicted octanol–water partition coefficient (Wildman–Crippen LogP) is 2.54. The number of hydrogen-bond donors (Lipinski definition) is 1. The van der Waals surface area contributed by atoms with E-state index in [1.807, 2.05) is 21.7 Å². The van der Waals surface area contributed by atoms with Crippen molar-refractivity contribution in [3.8, 4) is 0 Å². The van der Waals surface area contributed by atoms with Crippen molar-refractivity contribution in [3.63, 3.8) is 0 Å². The van der Waals surface area contributed by atoms with E-state index in [1.54, 1.807) is 11.3 Å². The lowest BCUT2D eigenvalue weighted by atomic mass is 9.97. The molecule has 0 bridgehead atoms. The van der Waals surface area contributed by atoms with Crippen LogP contribution in [0, 0.1) is 0 Å². The van der Waals surface area contributed by atoms with Gasteiger partial charge in [-0.3, -0.25) is 9.59 Å². The molecule has 0 aliphatic carbocycles. The minimum atomic E-state index is -0.782. The van der Waals surface area contributed by atoms with Crippen molar-refractivity contribution in [2.45, 2.75) is 44.6 Å². The Morgan fingerprint density at radius 3 is 2.95 bits per heavy atom. The van der Waals surface area contributed by atoms with Gasteiger partial charge in [-0.25, -0.2) is 0 Å². The molecule has 0 radical (unpaired) electrons. The Labute approximate surface area is 117 Å². The highest BCUT2D eigenvalue weighted by Gasteiger charge is 2.26. The van der Waals surface area contributed by atoms with Crippen LogP contribution in [0.15, 0.2) is 16.8 Å². The van der Waals surface area contributed by atoms with E-state index in [1.165, 1.54) is 0 Å². The first kappa shape index (κ1) is 14.1. The third-order valence-electron chi connectivity index (χ3n) is 3.57. The fourth-order valence-electron chi connectivity index (χ4n) is 2.59. The smallest absolute Gasteiger partial charge is 0.303 e. The Kier molecular flexibility index (Phi) is 4.96. The van der Waals surface area contributed by atoms with Gasteiger partial charge in [-0.15, -0.1) is 0 Å². The second-order valence-corrected chi connectivity index (χ2v) is 5.76. The minimum absolute atomic E-state index is 0.107. The molecule has 104 valence electrons. The molecule has 1 atom stereocenters. The molecule has 1 aliphatic heterocycles. The standard InChI is InChI=1S/C14H19NO3S/c16-13(9-11-6-8-19-10-11)15-7-2-1-3-12(15)4-5-14(17)18/h6,8,10,12H,1-5,7,9H2,(H,17,18). The summed E-state index contributed by atoms with van der Waals surface area (Å²) >= 11 is 1.59. The second-order valence-electron chi connectivity index (χ2n) is 4.98. The van der Waals surface area contributed by atoms with Gasteiger partial charge in [0.1, 0.15) is 0 Å². The molecule has 4 nitrogen and oxygen atoms in total.